The number of hydrogen-bond acceptors (Lipinski definition) is 2. The molecule has 0 fully saturated rings. The van der Waals surface area contributed by atoms with Gasteiger partial charge < -0.3 is 15.0 Å². The summed E-state index contributed by atoms with van der Waals surface area (Å²) in [6.07, 6.45) is 2.98. The second kappa shape index (κ2) is 5.70. The third kappa shape index (κ3) is 2.62. The second-order valence-electron chi connectivity index (χ2n) is 4.74. The van der Waals surface area contributed by atoms with E-state index in [1.807, 2.05) is 36.5 Å². The lowest BCUT2D eigenvalue weighted by molar-refractivity contribution is 0.317. The zero-order valence-electron chi connectivity index (χ0n) is 11.5. The lowest BCUT2D eigenvalue weighted by atomic mass is 10.2. The average Bonchev–Trinajstić information content (AvgIpc) is 2.96. The number of rotatable bonds is 5. The number of fused-ring (bicyclic) bond motifs is 1. The minimum absolute atomic E-state index is 0.759. The summed E-state index contributed by atoms with van der Waals surface area (Å²) in [6, 6.07) is 16.3. The Morgan fingerprint density at radius 3 is 2.70 bits per heavy atom. The number of nitrogens with one attached hydrogen (secondary N) is 2. The van der Waals surface area contributed by atoms with Gasteiger partial charge in [0, 0.05) is 28.5 Å². The van der Waals surface area contributed by atoms with Crippen molar-refractivity contribution in [2.45, 2.75) is 13.3 Å². The molecule has 3 nitrogen and oxygen atoms in total. The van der Waals surface area contributed by atoms with Gasteiger partial charge in [-0.05, 0) is 48.9 Å². The number of aromatic amines is 1. The standard InChI is InChI=1S/C17H18N2O/c1-2-12-20-14-8-6-13(7-9-14)19-17-5-3-4-16-15(17)10-11-18-16/h3-11,18-19H,2,12H2,1H3. The minimum atomic E-state index is 0.759. The third-order valence-corrected chi connectivity index (χ3v) is 3.20. The number of hydrogen-bond donors (Lipinski definition) is 2. The van der Waals surface area contributed by atoms with Crippen molar-refractivity contribution in [3.05, 3.63) is 54.7 Å². The van der Waals surface area contributed by atoms with Crippen LogP contribution < -0.4 is 10.1 Å². The van der Waals surface area contributed by atoms with Gasteiger partial charge in [0.05, 0.1) is 6.61 Å². The molecule has 0 atom stereocenters. The molecule has 3 aromatic rings. The zero-order valence-corrected chi connectivity index (χ0v) is 11.5. The van der Waals surface area contributed by atoms with Crippen molar-refractivity contribution in [2.24, 2.45) is 0 Å². The highest BCUT2D eigenvalue weighted by Gasteiger charge is 2.02. The van der Waals surface area contributed by atoms with Gasteiger partial charge in [-0.2, -0.15) is 0 Å². The second-order valence-corrected chi connectivity index (χ2v) is 4.74. The van der Waals surface area contributed by atoms with Gasteiger partial charge >= 0.3 is 0 Å². The molecule has 0 saturated heterocycles. The molecule has 2 N–H and O–H groups in total. The Hall–Kier alpha value is -2.42. The van der Waals surface area contributed by atoms with Gasteiger partial charge in [-0.15, -0.1) is 0 Å². The van der Waals surface area contributed by atoms with E-state index >= 15 is 0 Å². The van der Waals surface area contributed by atoms with Crippen LogP contribution >= 0.6 is 0 Å². The molecule has 0 unspecified atom stereocenters. The largest absolute Gasteiger partial charge is 0.494 e. The molecular weight excluding hydrogens is 248 g/mol. The molecule has 102 valence electrons. The van der Waals surface area contributed by atoms with Crippen molar-refractivity contribution in [2.75, 3.05) is 11.9 Å². The Morgan fingerprint density at radius 1 is 1.05 bits per heavy atom. The molecule has 1 aromatic heterocycles. The number of benzene rings is 2. The first-order chi connectivity index (χ1) is 9.86. The predicted octanol–water partition coefficient (Wildman–Crippen LogP) is 4.70. The Bertz CT molecular complexity index is 686. The summed E-state index contributed by atoms with van der Waals surface area (Å²) in [5, 5.41) is 4.63. The van der Waals surface area contributed by atoms with Gasteiger partial charge in [-0.25, -0.2) is 0 Å². The average molecular weight is 266 g/mol. The molecule has 20 heavy (non-hydrogen) atoms. The Morgan fingerprint density at radius 2 is 1.90 bits per heavy atom. The van der Waals surface area contributed by atoms with Gasteiger partial charge in [0.25, 0.3) is 0 Å². The molecule has 0 amide bonds. The van der Waals surface area contributed by atoms with Crippen LogP contribution in [0.4, 0.5) is 11.4 Å². The van der Waals surface area contributed by atoms with E-state index in [2.05, 4.69) is 35.4 Å². The summed E-state index contributed by atoms with van der Waals surface area (Å²) in [7, 11) is 0. The lowest BCUT2D eigenvalue weighted by Crippen LogP contribution is -1.95. The molecule has 0 spiro atoms. The van der Waals surface area contributed by atoms with E-state index in [1.165, 1.54) is 5.39 Å². The van der Waals surface area contributed by atoms with Crippen molar-refractivity contribution in [1.29, 1.82) is 0 Å². The number of H-pyrrole nitrogens is 1. The molecule has 3 heteroatoms. The molecule has 2 aromatic carbocycles. The monoisotopic (exact) mass is 266 g/mol. The van der Waals surface area contributed by atoms with E-state index in [4.69, 9.17) is 4.74 Å². The summed E-state index contributed by atoms with van der Waals surface area (Å²) < 4.78 is 5.59. The van der Waals surface area contributed by atoms with Crippen molar-refractivity contribution in [1.82, 2.24) is 4.98 Å². The quantitative estimate of drug-likeness (QED) is 0.702. The van der Waals surface area contributed by atoms with E-state index in [0.717, 1.165) is 35.7 Å². The fraction of sp³-hybridized carbons (Fsp3) is 0.176. The van der Waals surface area contributed by atoms with Crippen LogP contribution in [0, 0.1) is 0 Å². The summed E-state index contributed by atoms with van der Waals surface area (Å²) in [6.45, 7) is 2.86. The first kappa shape index (κ1) is 12.6. The van der Waals surface area contributed by atoms with Gasteiger partial charge in [0.2, 0.25) is 0 Å². The maximum atomic E-state index is 5.59. The smallest absolute Gasteiger partial charge is 0.119 e. The lowest BCUT2D eigenvalue weighted by Gasteiger charge is -2.09. The molecule has 0 aliphatic carbocycles. The van der Waals surface area contributed by atoms with Crippen LogP contribution in [0.3, 0.4) is 0 Å². The van der Waals surface area contributed by atoms with Crippen LogP contribution in [0.15, 0.2) is 54.7 Å². The Labute approximate surface area is 118 Å². The van der Waals surface area contributed by atoms with Gasteiger partial charge in [0.1, 0.15) is 5.75 Å². The zero-order chi connectivity index (χ0) is 13.8. The minimum Gasteiger partial charge on any atom is -0.494 e. The fourth-order valence-corrected chi connectivity index (χ4v) is 2.20. The van der Waals surface area contributed by atoms with Gasteiger partial charge in [-0.3, -0.25) is 0 Å². The van der Waals surface area contributed by atoms with E-state index in [0.29, 0.717) is 0 Å². The van der Waals surface area contributed by atoms with E-state index in [1.54, 1.807) is 0 Å². The first-order valence-electron chi connectivity index (χ1n) is 6.93. The molecule has 0 aliphatic heterocycles. The van der Waals surface area contributed by atoms with E-state index < -0.39 is 0 Å². The highest BCUT2D eigenvalue weighted by molar-refractivity contribution is 5.93. The number of aromatic nitrogens is 1. The van der Waals surface area contributed by atoms with Crippen LogP contribution in [0.2, 0.25) is 0 Å². The molecule has 1 heterocycles. The molecule has 0 radical (unpaired) electrons. The van der Waals surface area contributed by atoms with Crippen LogP contribution in [0.1, 0.15) is 13.3 Å². The summed E-state index contributed by atoms with van der Waals surface area (Å²) in [4.78, 5) is 3.22. The highest BCUT2D eigenvalue weighted by Crippen LogP contribution is 2.26. The molecule has 0 saturated carbocycles. The first-order valence-corrected chi connectivity index (χ1v) is 6.93. The van der Waals surface area contributed by atoms with Crippen molar-refractivity contribution in [3.63, 3.8) is 0 Å². The molecule has 3 rings (SSSR count). The van der Waals surface area contributed by atoms with E-state index in [-0.39, 0.29) is 0 Å². The number of anilines is 2. The number of ether oxygens (including phenoxy) is 1. The maximum absolute atomic E-state index is 5.59. The summed E-state index contributed by atoms with van der Waals surface area (Å²) >= 11 is 0. The van der Waals surface area contributed by atoms with Crippen molar-refractivity contribution >= 4 is 22.3 Å². The van der Waals surface area contributed by atoms with Crippen LogP contribution in [0.25, 0.3) is 10.9 Å². The van der Waals surface area contributed by atoms with Crippen molar-refractivity contribution < 1.29 is 4.74 Å². The Balaban J connectivity index is 1.79. The third-order valence-electron chi connectivity index (χ3n) is 3.20. The van der Waals surface area contributed by atoms with Gasteiger partial charge in [-0.1, -0.05) is 13.0 Å². The normalized spacial score (nSPS) is 10.7. The SMILES string of the molecule is CCCOc1ccc(Nc2cccc3[nH]ccc23)cc1. The molecule has 0 aliphatic rings. The van der Waals surface area contributed by atoms with Crippen LogP contribution in [0.5, 0.6) is 5.75 Å². The molecule has 0 bridgehead atoms. The van der Waals surface area contributed by atoms with E-state index in [9.17, 15) is 0 Å². The summed E-state index contributed by atoms with van der Waals surface area (Å²) in [5.41, 5.74) is 3.30. The Kier molecular flexibility index (Phi) is 3.59. The predicted molar refractivity (Wildman–Crippen MR) is 83.8 cm³/mol. The van der Waals surface area contributed by atoms with Crippen LogP contribution in [-0.4, -0.2) is 11.6 Å². The van der Waals surface area contributed by atoms with Gasteiger partial charge in [0.15, 0.2) is 0 Å². The van der Waals surface area contributed by atoms with Crippen LogP contribution in [-0.2, 0) is 0 Å². The maximum Gasteiger partial charge on any atom is 0.119 e. The molecular formula is C17H18N2O. The fourth-order valence-electron chi connectivity index (χ4n) is 2.20. The van der Waals surface area contributed by atoms with Crippen molar-refractivity contribution in [3.8, 4) is 5.75 Å². The highest BCUT2D eigenvalue weighted by atomic mass is 16.5. The topological polar surface area (TPSA) is 37.0 Å². The summed E-state index contributed by atoms with van der Waals surface area (Å²) in [5.74, 6) is 0.914.